The summed E-state index contributed by atoms with van der Waals surface area (Å²) in [5.74, 6) is 1.42. The van der Waals surface area contributed by atoms with Gasteiger partial charge in [-0.2, -0.15) is 18.2 Å². The maximum atomic E-state index is 12.4. The Kier molecular flexibility index (Phi) is 3.81. The number of aryl methyl sites for hydroxylation is 1. The molecule has 2 aromatic rings. The summed E-state index contributed by atoms with van der Waals surface area (Å²) in [4.78, 5) is 6.17. The number of hydrogen-bond acceptors (Lipinski definition) is 7. The SMILES string of the molecule is Cc1noc(C2CCN(Cc3nnnn3CC(F)(F)F)C2)n1. The molecule has 1 atom stereocenters. The van der Waals surface area contributed by atoms with E-state index in [1.165, 1.54) is 0 Å². The van der Waals surface area contributed by atoms with E-state index in [4.69, 9.17) is 4.52 Å². The molecule has 0 N–H and O–H groups in total. The van der Waals surface area contributed by atoms with Gasteiger partial charge in [-0.25, -0.2) is 4.68 Å². The lowest BCUT2D eigenvalue weighted by atomic mass is 10.1. The number of nitrogens with zero attached hydrogens (tertiary/aromatic N) is 7. The van der Waals surface area contributed by atoms with Crippen molar-refractivity contribution in [3.8, 4) is 0 Å². The molecule has 22 heavy (non-hydrogen) atoms. The fraction of sp³-hybridized carbons (Fsp3) is 0.727. The molecule has 0 amide bonds. The van der Waals surface area contributed by atoms with Gasteiger partial charge in [-0.1, -0.05) is 5.16 Å². The Bertz CT molecular complexity index is 638. The highest BCUT2D eigenvalue weighted by molar-refractivity contribution is 4.99. The van der Waals surface area contributed by atoms with E-state index in [1.54, 1.807) is 6.92 Å². The zero-order chi connectivity index (χ0) is 15.7. The van der Waals surface area contributed by atoms with Gasteiger partial charge in [-0.15, -0.1) is 5.10 Å². The molecular formula is C11H14F3N7O. The van der Waals surface area contributed by atoms with Gasteiger partial charge in [-0.3, -0.25) is 4.90 Å². The molecular weight excluding hydrogens is 303 g/mol. The average molecular weight is 317 g/mol. The number of likely N-dealkylation sites (tertiary alicyclic amines) is 1. The van der Waals surface area contributed by atoms with Crippen molar-refractivity contribution in [3.63, 3.8) is 0 Å². The molecule has 1 fully saturated rings. The lowest BCUT2D eigenvalue weighted by Gasteiger charge is -2.15. The third-order valence-corrected chi connectivity index (χ3v) is 3.47. The van der Waals surface area contributed by atoms with Crippen LogP contribution in [-0.2, 0) is 13.1 Å². The Morgan fingerprint density at radius 2 is 2.18 bits per heavy atom. The topological polar surface area (TPSA) is 85.8 Å². The lowest BCUT2D eigenvalue weighted by molar-refractivity contribution is -0.143. The summed E-state index contributed by atoms with van der Waals surface area (Å²) in [5, 5.41) is 14.1. The second-order valence-electron chi connectivity index (χ2n) is 5.27. The number of alkyl halides is 3. The number of halogens is 3. The van der Waals surface area contributed by atoms with Crippen LogP contribution < -0.4 is 0 Å². The van der Waals surface area contributed by atoms with E-state index in [-0.39, 0.29) is 18.3 Å². The van der Waals surface area contributed by atoms with E-state index in [0.717, 1.165) is 11.1 Å². The molecule has 1 saturated heterocycles. The first kappa shape index (κ1) is 14.9. The third kappa shape index (κ3) is 3.40. The van der Waals surface area contributed by atoms with Crippen molar-refractivity contribution in [2.45, 2.75) is 38.5 Å². The van der Waals surface area contributed by atoms with Crippen molar-refractivity contribution in [1.29, 1.82) is 0 Å². The second kappa shape index (κ2) is 5.63. The van der Waals surface area contributed by atoms with Gasteiger partial charge in [0.25, 0.3) is 0 Å². The van der Waals surface area contributed by atoms with E-state index >= 15 is 0 Å². The zero-order valence-electron chi connectivity index (χ0n) is 11.8. The first-order valence-corrected chi connectivity index (χ1v) is 6.75. The van der Waals surface area contributed by atoms with E-state index in [1.807, 2.05) is 4.90 Å². The Balaban J connectivity index is 1.62. The lowest BCUT2D eigenvalue weighted by Crippen LogP contribution is -2.26. The van der Waals surface area contributed by atoms with E-state index in [9.17, 15) is 13.2 Å². The van der Waals surface area contributed by atoms with Crippen LogP contribution in [0.4, 0.5) is 13.2 Å². The maximum absolute atomic E-state index is 12.4. The van der Waals surface area contributed by atoms with Gasteiger partial charge in [0.2, 0.25) is 5.89 Å². The molecule has 3 rings (SSSR count). The van der Waals surface area contributed by atoms with Crippen molar-refractivity contribution in [2.75, 3.05) is 13.1 Å². The van der Waals surface area contributed by atoms with Gasteiger partial charge in [0, 0.05) is 6.54 Å². The summed E-state index contributed by atoms with van der Waals surface area (Å²) < 4.78 is 43.2. The summed E-state index contributed by atoms with van der Waals surface area (Å²) in [7, 11) is 0. The Morgan fingerprint density at radius 1 is 1.36 bits per heavy atom. The standard InChI is InChI=1S/C11H14F3N7O/c1-7-15-10(22-17-7)8-2-3-20(4-8)5-9-16-18-19-21(9)6-11(12,13)14/h8H,2-6H2,1H3. The number of aromatic nitrogens is 6. The van der Waals surface area contributed by atoms with E-state index in [0.29, 0.717) is 24.8 Å². The highest BCUT2D eigenvalue weighted by Crippen LogP contribution is 2.27. The smallest absolute Gasteiger partial charge is 0.339 e. The summed E-state index contributed by atoms with van der Waals surface area (Å²) >= 11 is 0. The van der Waals surface area contributed by atoms with Gasteiger partial charge in [-0.05, 0) is 30.3 Å². The molecule has 2 aromatic heterocycles. The van der Waals surface area contributed by atoms with Crippen LogP contribution in [0.2, 0.25) is 0 Å². The minimum Gasteiger partial charge on any atom is -0.339 e. The maximum Gasteiger partial charge on any atom is 0.408 e. The molecule has 1 aliphatic heterocycles. The van der Waals surface area contributed by atoms with Gasteiger partial charge in [0.05, 0.1) is 12.5 Å². The van der Waals surface area contributed by atoms with Crippen molar-refractivity contribution >= 4 is 0 Å². The molecule has 1 aliphatic rings. The molecule has 8 nitrogen and oxygen atoms in total. The number of hydrogen-bond donors (Lipinski definition) is 0. The average Bonchev–Trinajstić information content (AvgIpc) is 3.11. The van der Waals surface area contributed by atoms with Crippen molar-refractivity contribution in [3.05, 3.63) is 17.5 Å². The highest BCUT2D eigenvalue weighted by Gasteiger charge is 2.32. The summed E-state index contributed by atoms with van der Waals surface area (Å²) in [6.45, 7) is 2.15. The molecule has 0 spiro atoms. The first-order chi connectivity index (χ1) is 10.4. The summed E-state index contributed by atoms with van der Waals surface area (Å²) in [5.41, 5.74) is 0. The fourth-order valence-corrected chi connectivity index (χ4v) is 2.49. The van der Waals surface area contributed by atoms with Crippen molar-refractivity contribution in [2.24, 2.45) is 0 Å². The molecule has 0 radical (unpaired) electrons. The van der Waals surface area contributed by atoms with Crippen LogP contribution in [-0.4, -0.2) is 54.5 Å². The molecule has 0 aromatic carbocycles. The molecule has 11 heteroatoms. The molecule has 0 bridgehead atoms. The number of rotatable bonds is 4. The van der Waals surface area contributed by atoms with Crippen LogP contribution in [0, 0.1) is 6.92 Å². The minimum absolute atomic E-state index is 0.0909. The van der Waals surface area contributed by atoms with Crippen molar-refractivity contribution < 1.29 is 17.7 Å². The molecule has 0 aliphatic carbocycles. The summed E-state index contributed by atoms with van der Waals surface area (Å²) in [6.07, 6.45) is -3.54. The summed E-state index contributed by atoms with van der Waals surface area (Å²) in [6, 6.07) is 0. The molecule has 120 valence electrons. The predicted octanol–water partition coefficient (Wildman–Crippen LogP) is 0.916. The Hall–Kier alpha value is -2.04. The molecule has 3 heterocycles. The van der Waals surface area contributed by atoms with Gasteiger partial charge < -0.3 is 4.52 Å². The first-order valence-electron chi connectivity index (χ1n) is 6.75. The van der Waals surface area contributed by atoms with Gasteiger partial charge in [0.15, 0.2) is 11.6 Å². The largest absolute Gasteiger partial charge is 0.408 e. The monoisotopic (exact) mass is 317 g/mol. The van der Waals surface area contributed by atoms with Crippen LogP contribution in [0.15, 0.2) is 4.52 Å². The molecule has 0 saturated carbocycles. The molecule has 1 unspecified atom stereocenters. The Labute approximate surface area is 123 Å². The predicted molar refractivity (Wildman–Crippen MR) is 65.5 cm³/mol. The van der Waals surface area contributed by atoms with Gasteiger partial charge >= 0.3 is 6.18 Å². The minimum atomic E-state index is -4.35. The van der Waals surface area contributed by atoms with Crippen LogP contribution >= 0.6 is 0 Å². The second-order valence-corrected chi connectivity index (χ2v) is 5.27. The normalized spacial score (nSPS) is 19.9. The highest BCUT2D eigenvalue weighted by atomic mass is 19.4. The van der Waals surface area contributed by atoms with Gasteiger partial charge in [0.1, 0.15) is 6.54 Å². The van der Waals surface area contributed by atoms with E-state index in [2.05, 4.69) is 25.7 Å². The number of tetrazole rings is 1. The van der Waals surface area contributed by atoms with Crippen LogP contribution in [0.5, 0.6) is 0 Å². The van der Waals surface area contributed by atoms with Crippen LogP contribution in [0.25, 0.3) is 0 Å². The van der Waals surface area contributed by atoms with Crippen LogP contribution in [0.3, 0.4) is 0 Å². The fourth-order valence-electron chi connectivity index (χ4n) is 2.49. The van der Waals surface area contributed by atoms with Crippen molar-refractivity contribution in [1.82, 2.24) is 35.2 Å². The zero-order valence-corrected chi connectivity index (χ0v) is 11.8. The Morgan fingerprint density at radius 3 is 2.86 bits per heavy atom. The van der Waals surface area contributed by atoms with E-state index < -0.39 is 12.7 Å². The third-order valence-electron chi connectivity index (χ3n) is 3.47. The quantitative estimate of drug-likeness (QED) is 0.828. The van der Waals surface area contributed by atoms with Crippen LogP contribution in [0.1, 0.15) is 29.9 Å².